The van der Waals surface area contributed by atoms with Crippen LogP contribution in [0.2, 0.25) is 0 Å². The summed E-state index contributed by atoms with van der Waals surface area (Å²) in [6, 6.07) is 19.1. The van der Waals surface area contributed by atoms with E-state index >= 15 is 0 Å². The van der Waals surface area contributed by atoms with Gasteiger partial charge in [0.1, 0.15) is 13.2 Å². The average molecular weight is 353 g/mol. The number of carbonyl (C=O) groups excluding carboxylic acids is 2. The molecule has 1 atom stereocenters. The molecule has 1 saturated heterocycles. The molecule has 3 rings (SSSR count). The molecule has 1 aliphatic rings. The zero-order chi connectivity index (χ0) is 18.2. The number of amides is 1. The fourth-order valence-electron chi connectivity index (χ4n) is 2.99. The molecule has 1 aliphatic heterocycles. The highest BCUT2D eigenvalue weighted by Gasteiger charge is 2.30. The molecule has 136 valence electrons. The molecular weight excluding hydrogens is 330 g/mol. The van der Waals surface area contributed by atoms with Crippen LogP contribution in [-0.4, -0.2) is 30.1 Å². The lowest BCUT2D eigenvalue weighted by Crippen LogP contribution is -2.43. The number of rotatable bonds is 5. The van der Waals surface area contributed by atoms with Crippen LogP contribution in [0.15, 0.2) is 60.7 Å². The Balaban J connectivity index is 1.47. The third kappa shape index (κ3) is 5.09. The van der Waals surface area contributed by atoms with Gasteiger partial charge in [-0.3, -0.25) is 4.79 Å². The van der Waals surface area contributed by atoms with Crippen molar-refractivity contribution in [1.82, 2.24) is 4.90 Å². The Labute approximate surface area is 153 Å². The van der Waals surface area contributed by atoms with Gasteiger partial charge in [-0.25, -0.2) is 4.79 Å². The van der Waals surface area contributed by atoms with Gasteiger partial charge in [-0.2, -0.15) is 0 Å². The van der Waals surface area contributed by atoms with E-state index < -0.39 is 0 Å². The van der Waals surface area contributed by atoms with Gasteiger partial charge in [0.05, 0.1) is 5.92 Å². The number of piperidine rings is 1. The molecule has 26 heavy (non-hydrogen) atoms. The third-order valence-corrected chi connectivity index (χ3v) is 4.44. The van der Waals surface area contributed by atoms with Gasteiger partial charge in [-0.15, -0.1) is 0 Å². The SMILES string of the molecule is O=C(OCc1ccccc1)C1CCCN(C(=O)OCc2ccccc2)C1. The van der Waals surface area contributed by atoms with Crippen LogP contribution in [0.1, 0.15) is 24.0 Å². The lowest BCUT2D eigenvalue weighted by molar-refractivity contribution is -0.151. The standard InChI is InChI=1S/C21H23NO4/c23-20(25-15-17-8-3-1-4-9-17)19-12-7-13-22(14-19)21(24)26-16-18-10-5-2-6-11-18/h1-6,8-11,19H,7,12-16H2. The molecule has 0 saturated carbocycles. The van der Waals surface area contributed by atoms with Crippen molar-refractivity contribution in [2.24, 2.45) is 5.92 Å². The lowest BCUT2D eigenvalue weighted by Gasteiger charge is -2.30. The summed E-state index contributed by atoms with van der Waals surface area (Å²) in [6.07, 6.45) is 1.12. The van der Waals surface area contributed by atoms with E-state index in [1.165, 1.54) is 0 Å². The maximum absolute atomic E-state index is 12.3. The minimum Gasteiger partial charge on any atom is -0.461 e. The number of carbonyl (C=O) groups is 2. The molecular formula is C21H23NO4. The number of likely N-dealkylation sites (tertiary alicyclic amines) is 1. The second kappa shape index (κ2) is 9.04. The number of nitrogens with zero attached hydrogens (tertiary/aromatic N) is 1. The van der Waals surface area contributed by atoms with Crippen molar-refractivity contribution in [2.45, 2.75) is 26.1 Å². The van der Waals surface area contributed by atoms with Crippen LogP contribution in [0, 0.1) is 5.92 Å². The summed E-state index contributed by atoms with van der Waals surface area (Å²) in [5.74, 6) is -0.550. The van der Waals surface area contributed by atoms with E-state index in [2.05, 4.69) is 0 Å². The molecule has 1 unspecified atom stereocenters. The molecule has 0 bridgehead atoms. The zero-order valence-corrected chi connectivity index (χ0v) is 14.7. The lowest BCUT2D eigenvalue weighted by atomic mass is 9.98. The van der Waals surface area contributed by atoms with Gasteiger partial charge >= 0.3 is 12.1 Å². The van der Waals surface area contributed by atoms with Gasteiger partial charge in [0.2, 0.25) is 0 Å². The van der Waals surface area contributed by atoms with Gasteiger partial charge in [-0.05, 0) is 24.0 Å². The second-order valence-corrected chi connectivity index (χ2v) is 6.42. The van der Waals surface area contributed by atoms with Gasteiger partial charge < -0.3 is 14.4 Å². The number of benzene rings is 2. The Kier molecular flexibility index (Phi) is 6.25. The molecule has 1 heterocycles. The number of esters is 1. The Morgan fingerprint density at radius 2 is 1.46 bits per heavy atom. The summed E-state index contributed by atoms with van der Waals surface area (Å²) >= 11 is 0. The first kappa shape index (κ1) is 18.0. The van der Waals surface area contributed by atoms with E-state index in [-0.39, 0.29) is 31.2 Å². The van der Waals surface area contributed by atoms with E-state index in [0.717, 1.165) is 24.0 Å². The first-order valence-corrected chi connectivity index (χ1v) is 8.88. The van der Waals surface area contributed by atoms with Gasteiger partial charge in [0, 0.05) is 13.1 Å². The predicted octanol–water partition coefficient (Wildman–Crippen LogP) is 3.78. The van der Waals surface area contributed by atoms with Crippen LogP contribution in [0.4, 0.5) is 4.79 Å². The summed E-state index contributed by atoms with van der Waals surface area (Å²) in [7, 11) is 0. The summed E-state index contributed by atoms with van der Waals surface area (Å²) in [4.78, 5) is 26.2. The largest absolute Gasteiger partial charge is 0.461 e. The summed E-state index contributed by atoms with van der Waals surface area (Å²) in [5.41, 5.74) is 1.90. The molecule has 2 aromatic rings. The van der Waals surface area contributed by atoms with Gasteiger partial charge in [-0.1, -0.05) is 60.7 Å². The first-order valence-electron chi connectivity index (χ1n) is 8.88. The van der Waals surface area contributed by atoms with Crippen LogP contribution < -0.4 is 0 Å². The molecule has 0 N–H and O–H groups in total. The third-order valence-electron chi connectivity index (χ3n) is 4.44. The molecule has 0 aromatic heterocycles. The topological polar surface area (TPSA) is 55.8 Å². The van der Waals surface area contributed by atoms with E-state index in [1.807, 2.05) is 60.7 Å². The van der Waals surface area contributed by atoms with Crippen LogP contribution in [0.5, 0.6) is 0 Å². The quantitative estimate of drug-likeness (QED) is 0.768. The predicted molar refractivity (Wildman–Crippen MR) is 97.2 cm³/mol. The van der Waals surface area contributed by atoms with Crippen molar-refractivity contribution >= 4 is 12.1 Å². The van der Waals surface area contributed by atoms with Crippen molar-refractivity contribution < 1.29 is 19.1 Å². The van der Waals surface area contributed by atoms with E-state index in [4.69, 9.17) is 9.47 Å². The van der Waals surface area contributed by atoms with Crippen LogP contribution >= 0.6 is 0 Å². The molecule has 5 heteroatoms. The highest BCUT2D eigenvalue weighted by Crippen LogP contribution is 2.19. The maximum Gasteiger partial charge on any atom is 0.410 e. The van der Waals surface area contributed by atoms with Crippen LogP contribution in [0.25, 0.3) is 0 Å². The Morgan fingerprint density at radius 3 is 2.08 bits per heavy atom. The van der Waals surface area contributed by atoms with Crippen molar-refractivity contribution in [3.05, 3.63) is 71.8 Å². The summed E-state index contributed by atoms with van der Waals surface area (Å²) in [6.45, 7) is 1.45. The smallest absolute Gasteiger partial charge is 0.410 e. The normalized spacial score (nSPS) is 16.8. The van der Waals surface area contributed by atoms with Gasteiger partial charge in [0.25, 0.3) is 0 Å². The Bertz CT molecular complexity index is 656. The molecule has 1 amide bonds. The van der Waals surface area contributed by atoms with Gasteiger partial charge in [0.15, 0.2) is 0 Å². The molecule has 0 radical (unpaired) electrons. The van der Waals surface area contributed by atoms with Crippen molar-refractivity contribution in [3.8, 4) is 0 Å². The van der Waals surface area contributed by atoms with E-state index in [0.29, 0.717) is 13.1 Å². The van der Waals surface area contributed by atoms with Crippen molar-refractivity contribution in [1.29, 1.82) is 0 Å². The summed E-state index contributed by atoms with van der Waals surface area (Å²) in [5, 5.41) is 0. The number of hydrogen-bond acceptors (Lipinski definition) is 4. The fourth-order valence-corrected chi connectivity index (χ4v) is 2.99. The number of ether oxygens (including phenoxy) is 2. The van der Waals surface area contributed by atoms with E-state index in [9.17, 15) is 9.59 Å². The molecule has 1 fully saturated rings. The first-order chi connectivity index (χ1) is 12.7. The second-order valence-electron chi connectivity index (χ2n) is 6.42. The minimum atomic E-state index is -0.380. The van der Waals surface area contributed by atoms with Crippen LogP contribution in [0.3, 0.4) is 0 Å². The highest BCUT2D eigenvalue weighted by atomic mass is 16.6. The van der Waals surface area contributed by atoms with Crippen LogP contribution in [-0.2, 0) is 27.5 Å². The van der Waals surface area contributed by atoms with Crippen molar-refractivity contribution in [2.75, 3.05) is 13.1 Å². The molecule has 0 aliphatic carbocycles. The Morgan fingerprint density at radius 1 is 0.885 bits per heavy atom. The fraction of sp³-hybridized carbons (Fsp3) is 0.333. The Hall–Kier alpha value is -2.82. The number of hydrogen-bond donors (Lipinski definition) is 0. The molecule has 2 aromatic carbocycles. The highest BCUT2D eigenvalue weighted by molar-refractivity contribution is 5.74. The maximum atomic E-state index is 12.3. The monoisotopic (exact) mass is 353 g/mol. The zero-order valence-electron chi connectivity index (χ0n) is 14.7. The average Bonchev–Trinajstić information content (AvgIpc) is 2.72. The van der Waals surface area contributed by atoms with E-state index in [1.54, 1.807) is 4.90 Å². The van der Waals surface area contributed by atoms with Crippen molar-refractivity contribution in [3.63, 3.8) is 0 Å². The minimum absolute atomic E-state index is 0.235. The molecule has 0 spiro atoms. The summed E-state index contributed by atoms with van der Waals surface area (Å²) < 4.78 is 10.8. The molecule has 5 nitrogen and oxygen atoms in total.